The standard InChI is InChI=1S/C32H31F3N4O4S/c1-43-28-9-3-19(33)15-25(28)18-2-8-24(27(35)14-18)30(40)37-21-4-6-22(7-5-21)39-31(41)26-16-20(34)17-36-29(26)38(32(39)42)23-10-12-44-13-11-23/h2-3,8-9,14-17,21-23H,4-7,10-13H2,1H3,(H,37,40)/t21-,22+. The molecule has 1 saturated carbocycles. The number of amides is 1. The molecule has 2 aliphatic rings. The number of carbonyl (C=O) groups excluding carboxylic acids is 1. The lowest BCUT2D eigenvalue weighted by molar-refractivity contribution is 0.0917. The van der Waals surface area contributed by atoms with E-state index in [-0.39, 0.29) is 28.7 Å². The number of halogens is 3. The molecule has 0 radical (unpaired) electrons. The molecule has 44 heavy (non-hydrogen) atoms. The van der Waals surface area contributed by atoms with Gasteiger partial charge in [0.25, 0.3) is 11.5 Å². The highest BCUT2D eigenvalue weighted by Gasteiger charge is 2.30. The van der Waals surface area contributed by atoms with Crippen LogP contribution in [0, 0.1) is 17.5 Å². The Morgan fingerprint density at radius 1 is 0.909 bits per heavy atom. The first-order chi connectivity index (χ1) is 21.2. The van der Waals surface area contributed by atoms with Crippen molar-refractivity contribution in [3.63, 3.8) is 0 Å². The van der Waals surface area contributed by atoms with Gasteiger partial charge >= 0.3 is 5.69 Å². The third kappa shape index (κ3) is 5.74. The number of hydrogen-bond acceptors (Lipinski definition) is 6. The van der Waals surface area contributed by atoms with Crippen molar-refractivity contribution in [2.75, 3.05) is 18.6 Å². The fourth-order valence-electron chi connectivity index (χ4n) is 6.31. The lowest BCUT2D eigenvalue weighted by Gasteiger charge is -2.31. The van der Waals surface area contributed by atoms with E-state index in [1.54, 1.807) is 4.57 Å². The molecule has 1 N–H and O–H groups in total. The molecular weight excluding hydrogens is 593 g/mol. The molecule has 1 aliphatic heterocycles. The minimum atomic E-state index is -0.759. The summed E-state index contributed by atoms with van der Waals surface area (Å²) in [5, 5.41) is 2.95. The van der Waals surface area contributed by atoms with Gasteiger partial charge in [0.1, 0.15) is 28.8 Å². The van der Waals surface area contributed by atoms with E-state index in [1.807, 2.05) is 11.8 Å². The molecule has 1 aliphatic carbocycles. The monoisotopic (exact) mass is 624 g/mol. The number of hydrogen-bond donors (Lipinski definition) is 1. The highest BCUT2D eigenvalue weighted by Crippen LogP contribution is 2.33. The Morgan fingerprint density at radius 3 is 2.34 bits per heavy atom. The van der Waals surface area contributed by atoms with Gasteiger partial charge in [0.2, 0.25) is 0 Å². The molecule has 2 fully saturated rings. The first-order valence-corrected chi connectivity index (χ1v) is 15.7. The summed E-state index contributed by atoms with van der Waals surface area (Å²) in [5.41, 5.74) is -0.226. The van der Waals surface area contributed by atoms with E-state index < -0.39 is 40.6 Å². The van der Waals surface area contributed by atoms with Gasteiger partial charge in [-0.3, -0.25) is 18.7 Å². The number of ether oxygens (including phenoxy) is 1. The largest absolute Gasteiger partial charge is 0.496 e. The first kappa shape index (κ1) is 30.0. The topological polar surface area (TPSA) is 95.2 Å². The molecule has 2 aromatic heterocycles. The maximum absolute atomic E-state index is 15.1. The van der Waals surface area contributed by atoms with Crippen LogP contribution >= 0.6 is 11.8 Å². The zero-order chi connectivity index (χ0) is 31.0. The predicted octanol–water partition coefficient (Wildman–Crippen LogP) is 5.63. The first-order valence-electron chi connectivity index (χ1n) is 14.6. The van der Waals surface area contributed by atoms with E-state index in [0.717, 1.165) is 36.6 Å². The zero-order valence-corrected chi connectivity index (χ0v) is 24.8. The Kier molecular flexibility index (Phi) is 8.53. The smallest absolute Gasteiger partial charge is 0.333 e. The van der Waals surface area contributed by atoms with E-state index in [4.69, 9.17) is 4.74 Å². The van der Waals surface area contributed by atoms with Crippen molar-refractivity contribution in [3.05, 3.63) is 92.5 Å². The average molecular weight is 625 g/mol. The van der Waals surface area contributed by atoms with Crippen molar-refractivity contribution >= 4 is 28.7 Å². The summed E-state index contributed by atoms with van der Waals surface area (Å²) in [5.74, 6) is -0.363. The zero-order valence-electron chi connectivity index (χ0n) is 24.0. The number of pyridine rings is 1. The number of thioether (sulfide) groups is 1. The summed E-state index contributed by atoms with van der Waals surface area (Å²) < 4.78 is 51.2. The molecule has 8 nitrogen and oxygen atoms in total. The number of carbonyl (C=O) groups is 1. The van der Waals surface area contributed by atoms with Crippen LogP contribution in [0.1, 0.15) is 61.0 Å². The predicted molar refractivity (Wildman–Crippen MR) is 163 cm³/mol. The summed E-state index contributed by atoms with van der Waals surface area (Å²) in [6, 6.07) is 8.27. The van der Waals surface area contributed by atoms with Crippen molar-refractivity contribution < 1.29 is 22.7 Å². The van der Waals surface area contributed by atoms with Crippen molar-refractivity contribution in [2.24, 2.45) is 0 Å². The molecule has 12 heteroatoms. The van der Waals surface area contributed by atoms with E-state index in [9.17, 15) is 23.2 Å². The van der Waals surface area contributed by atoms with Gasteiger partial charge in [0.15, 0.2) is 0 Å². The van der Waals surface area contributed by atoms with Crippen LogP contribution in [0.2, 0.25) is 0 Å². The summed E-state index contributed by atoms with van der Waals surface area (Å²) >= 11 is 1.81. The fraction of sp³-hybridized carbons (Fsp3) is 0.375. The molecular formula is C32H31F3N4O4S. The minimum Gasteiger partial charge on any atom is -0.496 e. The van der Waals surface area contributed by atoms with Gasteiger partial charge in [-0.25, -0.2) is 22.9 Å². The molecule has 0 bridgehead atoms. The van der Waals surface area contributed by atoms with Crippen LogP contribution in [0.15, 0.2) is 58.3 Å². The summed E-state index contributed by atoms with van der Waals surface area (Å²) in [6.45, 7) is 0. The van der Waals surface area contributed by atoms with Crippen LogP contribution in [0.3, 0.4) is 0 Å². The van der Waals surface area contributed by atoms with Crippen molar-refractivity contribution in [1.82, 2.24) is 19.4 Å². The minimum absolute atomic E-state index is 0.0769. The van der Waals surface area contributed by atoms with Gasteiger partial charge in [-0.15, -0.1) is 0 Å². The average Bonchev–Trinajstić information content (AvgIpc) is 3.02. The molecule has 230 valence electrons. The number of rotatable bonds is 6. The normalized spacial score (nSPS) is 19.2. The lowest BCUT2D eigenvalue weighted by atomic mass is 9.90. The number of nitrogens with one attached hydrogen (secondary N) is 1. The highest BCUT2D eigenvalue weighted by atomic mass is 32.2. The van der Waals surface area contributed by atoms with Crippen molar-refractivity contribution in [1.29, 1.82) is 0 Å². The number of benzene rings is 2. The molecule has 0 atom stereocenters. The van der Waals surface area contributed by atoms with Gasteiger partial charge in [-0.2, -0.15) is 11.8 Å². The quantitative estimate of drug-likeness (QED) is 0.299. The lowest BCUT2D eigenvalue weighted by Crippen LogP contribution is -2.46. The van der Waals surface area contributed by atoms with Crippen LogP contribution in [0.4, 0.5) is 13.2 Å². The maximum Gasteiger partial charge on any atom is 0.333 e. The number of aromatic nitrogens is 3. The third-order valence-electron chi connectivity index (χ3n) is 8.56. The van der Waals surface area contributed by atoms with Gasteiger partial charge in [-0.05, 0) is 92.0 Å². The molecule has 0 spiro atoms. The molecule has 3 heterocycles. The molecule has 1 amide bonds. The Labute approximate surface area is 255 Å². The number of methoxy groups -OCH3 is 1. The van der Waals surface area contributed by atoms with E-state index in [2.05, 4.69) is 10.3 Å². The summed E-state index contributed by atoms with van der Waals surface area (Å²) in [4.78, 5) is 44.5. The third-order valence-corrected chi connectivity index (χ3v) is 9.61. The molecule has 4 aromatic rings. The second kappa shape index (κ2) is 12.5. The van der Waals surface area contributed by atoms with E-state index in [1.165, 1.54) is 48.1 Å². The fourth-order valence-corrected chi connectivity index (χ4v) is 7.39. The van der Waals surface area contributed by atoms with Crippen molar-refractivity contribution in [3.8, 4) is 16.9 Å². The van der Waals surface area contributed by atoms with Crippen LogP contribution in [-0.2, 0) is 0 Å². The molecule has 2 aromatic carbocycles. The van der Waals surface area contributed by atoms with Gasteiger partial charge in [0.05, 0.1) is 24.3 Å². The van der Waals surface area contributed by atoms with E-state index in [0.29, 0.717) is 42.6 Å². The van der Waals surface area contributed by atoms with Crippen LogP contribution in [-0.4, -0.2) is 44.7 Å². The number of nitrogens with zero attached hydrogens (tertiary/aromatic N) is 3. The Morgan fingerprint density at radius 2 is 1.64 bits per heavy atom. The van der Waals surface area contributed by atoms with Gasteiger partial charge < -0.3 is 10.1 Å². The SMILES string of the molecule is COc1ccc(F)cc1-c1ccc(C(=O)N[C@H]2CC[C@@H](n3c(=O)c4cc(F)cnc4n(C4CCSCC4)c3=O)CC2)c(F)c1. The van der Waals surface area contributed by atoms with E-state index >= 15 is 4.39 Å². The Balaban J connectivity index is 1.20. The second-order valence-electron chi connectivity index (χ2n) is 11.2. The summed E-state index contributed by atoms with van der Waals surface area (Å²) in [7, 11) is 1.43. The Hall–Kier alpha value is -4.06. The van der Waals surface area contributed by atoms with Crippen LogP contribution in [0.25, 0.3) is 22.2 Å². The Bertz CT molecular complexity index is 1850. The molecule has 6 rings (SSSR count). The van der Waals surface area contributed by atoms with Crippen LogP contribution in [0.5, 0.6) is 5.75 Å². The van der Waals surface area contributed by atoms with Crippen LogP contribution < -0.4 is 21.3 Å². The molecule has 1 saturated heterocycles. The van der Waals surface area contributed by atoms with Crippen molar-refractivity contribution in [2.45, 2.75) is 56.7 Å². The van der Waals surface area contributed by atoms with Gasteiger partial charge in [0, 0.05) is 23.7 Å². The molecule has 0 unspecified atom stereocenters. The number of fused-ring (bicyclic) bond motifs is 1. The highest BCUT2D eigenvalue weighted by molar-refractivity contribution is 7.99. The van der Waals surface area contributed by atoms with Gasteiger partial charge in [-0.1, -0.05) is 6.07 Å². The maximum atomic E-state index is 15.1. The summed E-state index contributed by atoms with van der Waals surface area (Å²) in [6.07, 6.45) is 4.31. The second-order valence-corrected chi connectivity index (χ2v) is 12.4.